The molecule has 0 fully saturated rings. The number of nitrogens with one attached hydrogen (secondary N) is 1. The van der Waals surface area contributed by atoms with Gasteiger partial charge >= 0.3 is 0 Å². The minimum atomic E-state index is -0.237. The molecular formula is C18H21N3O2S. The van der Waals surface area contributed by atoms with Crippen molar-refractivity contribution in [3.8, 4) is 0 Å². The summed E-state index contributed by atoms with van der Waals surface area (Å²) in [6, 6.07) is 9.60. The molecule has 0 aliphatic heterocycles. The van der Waals surface area contributed by atoms with Crippen molar-refractivity contribution in [1.82, 2.24) is 9.88 Å². The van der Waals surface area contributed by atoms with Crippen LogP contribution in [0.2, 0.25) is 0 Å². The predicted molar refractivity (Wildman–Crippen MR) is 97.8 cm³/mol. The van der Waals surface area contributed by atoms with E-state index in [1.54, 1.807) is 12.3 Å². The Bertz CT molecular complexity index is 710. The van der Waals surface area contributed by atoms with Gasteiger partial charge in [0.05, 0.1) is 0 Å². The third kappa shape index (κ3) is 5.62. The van der Waals surface area contributed by atoms with Gasteiger partial charge in [-0.1, -0.05) is 37.3 Å². The second-order valence-electron chi connectivity index (χ2n) is 5.33. The lowest BCUT2D eigenvalue weighted by Gasteiger charge is -2.19. The van der Waals surface area contributed by atoms with Gasteiger partial charge < -0.3 is 10.2 Å². The standard InChI is InChI=1S/C18H21N3O2S/c1-3-11-21(13-16(22)20-18-19-12-14(2)24-18)17(23)10-9-15-7-5-4-6-8-15/h4-10,12H,3,11,13H2,1-2H3,(H,19,20,22). The number of rotatable bonds is 7. The second kappa shape index (κ2) is 8.98. The molecule has 0 radical (unpaired) electrons. The summed E-state index contributed by atoms with van der Waals surface area (Å²) in [6.07, 6.45) is 5.76. The van der Waals surface area contributed by atoms with Gasteiger partial charge in [0, 0.05) is 23.7 Å². The van der Waals surface area contributed by atoms with E-state index in [0.29, 0.717) is 11.7 Å². The summed E-state index contributed by atoms with van der Waals surface area (Å²) in [5.74, 6) is -0.412. The van der Waals surface area contributed by atoms with E-state index in [9.17, 15) is 9.59 Å². The molecule has 1 aromatic heterocycles. The molecule has 0 saturated heterocycles. The van der Waals surface area contributed by atoms with E-state index in [2.05, 4.69) is 10.3 Å². The van der Waals surface area contributed by atoms with Crippen LogP contribution in [0.3, 0.4) is 0 Å². The summed E-state index contributed by atoms with van der Waals surface area (Å²) in [5, 5.41) is 3.29. The summed E-state index contributed by atoms with van der Waals surface area (Å²) in [4.78, 5) is 31.1. The molecular weight excluding hydrogens is 322 g/mol. The van der Waals surface area contributed by atoms with Crippen molar-refractivity contribution in [2.24, 2.45) is 0 Å². The molecule has 0 saturated carbocycles. The third-order valence-electron chi connectivity index (χ3n) is 3.23. The fourth-order valence-corrected chi connectivity index (χ4v) is 2.80. The van der Waals surface area contributed by atoms with Gasteiger partial charge in [-0.2, -0.15) is 0 Å². The van der Waals surface area contributed by atoms with Crippen molar-refractivity contribution in [3.63, 3.8) is 0 Å². The van der Waals surface area contributed by atoms with Gasteiger partial charge in [-0.25, -0.2) is 4.98 Å². The third-order valence-corrected chi connectivity index (χ3v) is 4.05. The van der Waals surface area contributed by atoms with Gasteiger partial charge in [-0.05, 0) is 25.0 Å². The number of aromatic nitrogens is 1. The van der Waals surface area contributed by atoms with Crippen LogP contribution in [0.25, 0.3) is 6.08 Å². The number of benzene rings is 1. The largest absolute Gasteiger partial charge is 0.330 e. The molecule has 1 aromatic carbocycles. The molecule has 0 atom stereocenters. The van der Waals surface area contributed by atoms with Crippen molar-refractivity contribution in [2.45, 2.75) is 20.3 Å². The van der Waals surface area contributed by atoms with Crippen LogP contribution in [0.4, 0.5) is 5.13 Å². The lowest BCUT2D eigenvalue weighted by atomic mass is 10.2. The van der Waals surface area contributed by atoms with Gasteiger partial charge in [0.2, 0.25) is 11.8 Å². The smallest absolute Gasteiger partial charge is 0.247 e. The summed E-state index contributed by atoms with van der Waals surface area (Å²) in [5.41, 5.74) is 0.949. The topological polar surface area (TPSA) is 62.3 Å². The van der Waals surface area contributed by atoms with Crippen molar-refractivity contribution < 1.29 is 9.59 Å². The van der Waals surface area contributed by atoms with Crippen LogP contribution in [-0.2, 0) is 9.59 Å². The zero-order chi connectivity index (χ0) is 17.4. The normalized spacial score (nSPS) is 10.8. The molecule has 2 rings (SSSR count). The van der Waals surface area contributed by atoms with E-state index in [1.807, 2.05) is 44.2 Å². The van der Waals surface area contributed by atoms with E-state index in [0.717, 1.165) is 16.9 Å². The Morgan fingerprint density at radius 3 is 2.67 bits per heavy atom. The first kappa shape index (κ1) is 17.9. The summed E-state index contributed by atoms with van der Waals surface area (Å²) in [7, 11) is 0. The van der Waals surface area contributed by atoms with Crippen molar-refractivity contribution in [3.05, 3.63) is 53.0 Å². The Kier molecular flexibility index (Phi) is 6.69. The SMILES string of the molecule is CCCN(CC(=O)Nc1ncc(C)s1)C(=O)C=Cc1ccccc1. The van der Waals surface area contributed by atoms with Crippen LogP contribution >= 0.6 is 11.3 Å². The summed E-state index contributed by atoms with van der Waals surface area (Å²) >= 11 is 1.41. The number of hydrogen-bond acceptors (Lipinski definition) is 4. The lowest BCUT2D eigenvalue weighted by molar-refractivity contribution is -0.130. The maximum Gasteiger partial charge on any atom is 0.247 e. The van der Waals surface area contributed by atoms with E-state index in [-0.39, 0.29) is 18.4 Å². The quantitative estimate of drug-likeness (QED) is 0.784. The number of anilines is 1. The monoisotopic (exact) mass is 343 g/mol. The first-order chi connectivity index (χ1) is 11.6. The Morgan fingerprint density at radius 1 is 1.29 bits per heavy atom. The highest BCUT2D eigenvalue weighted by Crippen LogP contribution is 2.16. The maximum absolute atomic E-state index is 12.3. The number of hydrogen-bond donors (Lipinski definition) is 1. The highest BCUT2D eigenvalue weighted by molar-refractivity contribution is 7.15. The molecule has 1 N–H and O–H groups in total. The minimum absolute atomic E-state index is 0.0183. The van der Waals surface area contributed by atoms with Gasteiger partial charge in [-0.15, -0.1) is 11.3 Å². The number of amides is 2. The molecule has 2 amide bonds. The van der Waals surface area contributed by atoms with Crippen molar-refractivity contribution in [1.29, 1.82) is 0 Å². The second-order valence-corrected chi connectivity index (χ2v) is 6.56. The first-order valence-electron chi connectivity index (χ1n) is 7.83. The van der Waals surface area contributed by atoms with E-state index < -0.39 is 0 Å². The molecule has 0 aliphatic carbocycles. The molecule has 0 spiro atoms. The zero-order valence-corrected chi connectivity index (χ0v) is 14.7. The van der Waals surface area contributed by atoms with Crippen LogP contribution in [0.1, 0.15) is 23.8 Å². The minimum Gasteiger partial charge on any atom is -0.330 e. The van der Waals surface area contributed by atoms with Crippen molar-refractivity contribution in [2.75, 3.05) is 18.4 Å². The van der Waals surface area contributed by atoms with Gasteiger partial charge in [-0.3, -0.25) is 9.59 Å². The van der Waals surface area contributed by atoms with Crippen LogP contribution in [0.15, 0.2) is 42.6 Å². The van der Waals surface area contributed by atoms with Gasteiger partial charge in [0.15, 0.2) is 5.13 Å². The fraction of sp³-hybridized carbons (Fsp3) is 0.278. The highest BCUT2D eigenvalue weighted by atomic mass is 32.1. The van der Waals surface area contributed by atoms with Crippen LogP contribution in [-0.4, -0.2) is 34.8 Å². The number of aryl methyl sites for hydroxylation is 1. The molecule has 1 heterocycles. The van der Waals surface area contributed by atoms with Crippen LogP contribution in [0, 0.1) is 6.92 Å². The molecule has 0 bridgehead atoms. The van der Waals surface area contributed by atoms with E-state index in [4.69, 9.17) is 0 Å². The predicted octanol–water partition coefficient (Wildman–Crippen LogP) is 3.34. The Morgan fingerprint density at radius 2 is 2.04 bits per heavy atom. The van der Waals surface area contributed by atoms with Crippen LogP contribution in [0.5, 0.6) is 0 Å². The molecule has 24 heavy (non-hydrogen) atoms. The summed E-state index contributed by atoms with van der Waals surface area (Å²) in [6.45, 7) is 4.45. The van der Waals surface area contributed by atoms with Gasteiger partial charge in [0.25, 0.3) is 0 Å². The van der Waals surface area contributed by atoms with E-state index in [1.165, 1.54) is 22.3 Å². The molecule has 6 heteroatoms. The molecule has 5 nitrogen and oxygen atoms in total. The van der Waals surface area contributed by atoms with Gasteiger partial charge in [0.1, 0.15) is 6.54 Å². The van der Waals surface area contributed by atoms with Crippen LogP contribution < -0.4 is 5.32 Å². The average Bonchev–Trinajstić information content (AvgIpc) is 2.98. The highest BCUT2D eigenvalue weighted by Gasteiger charge is 2.15. The maximum atomic E-state index is 12.3. The zero-order valence-electron chi connectivity index (χ0n) is 13.9. The molecule has 0 aliphatic rings. The Labute approximate surface area is 146 Å². The lowest BCUT2D eigenvalue weighted by Crippen LogP contribution is -2.37. The Hall–Kier alpha value is -2.47. The molecule has 2 aromatic rings. The summed E-state index contributed by atoms with van der Waals surface area (Å²) < 4.78 is 0. The van der Waals surface area contributed by atoms with Crippen molar-refractivity contribution >= 4 is 34.4 Å². The van der Waals surface area contributed by atoms with E-state index >= 15 is 0 Å². The average molecular weight is 343 g/mol. The molecule has 0 unspecified atom stereocenters. The number of thiazole rings is 1. The number of nitrogens with zero attached hydrogens (tertiary/aromatic N) is 2. The first-order valence-corrected chi connectivity index (χ1v) is 8.64. The number of carbonyl (C=O) groups is 2. The Balaban J connectivity index is 1.96. The molecule has 126 valence electrons. The number of carbonyl (C=O) groups excluding carboxylic acids is 2. The fourth-order valence-electron chi connectivity index (χ4n) is 2.12.